The molecule has 76 valence electrons. The summed E-state index contributed by atoms with van der Waals surface area (Å²) in [4.78, 5) is 0. The summed E-state index contributed by atoms with van der Waals surface area (Å²) in [6.07, 6.45) is 7.80. The molecule has 0 radical (unpaired) electrons. The van der Waals surface area contributed by atoms with Crippen LogP contribution in [0.1, 0.15) is 50.0 Å². The van der Waals surface area contributed by atoms with Gasteiger partial charge in [0.05, 0.1) is 0 Å². The minimum Gasteiger partial charge on any atom is -0.207 e. The van der Waals surface area contributed by atoms with E-state index in [4.69, 9.17) is 0 Å². The Bertz CT molecular complexity index is 285. The molecule has 0 saturated heterocycles. The van der Waals surface area contributed by atoms with Crippen molar-refractivity contribution in [3.05, 3.63) is 35.6 Å². The standard InChI is InChI=1S/C13H17F/c14-13-9-5-8-12(10-13)11-6-3-1-2-4-7-11/h5,8-11H,1-4,6-7H2. The molecule has 0 heterocycles. The summed E-state index contributed by atoms with van der Waals surface area (Å²) in [5.41, 5.74) is 1.20. The van der Waals surface area contributed by atoms with E-state index in [1.807, 2.05) is 6.07 Å². The van der Waals surface area contributed by atoms with Crippen LogP contribution in [0, 0.1) is 5.82 Å². The van der Waals surface area contributed by atoms with Gasteiger partial charge in [-0.15, -0.1) is 0 Å². The van der Waals surface area contributed by atoms with Gasteiger partial charge in [0.25, 0.3) is 0 Å². The fourth-order valence-electron chi connectivity index (χ4n) is 2.37. The fraction of sp³-hybridized carbons (Fsp3) is 0.538. The first-order valence-corrected chi connectivity index (χ1v) is 5.62. The molecular weight excluding hydrogens is 175 g/mol. The molecule has 1 heteroatoms. The van der Waals surface area contributed by atoms with Gasteiger partial charge in [-0.25, -0.2) is 4.39 Å². The monoisotopic (exact) mass is 192 g/mol. The van der Waals surface area contributed by atoms with Crippen LogP contribution in [0.3, 0.4) is 0 Å². The van der Waals surface area contributed by atoms with E-state index in [0.717, 1.165) is 0 Å². The number of hydrogen-bond donors (Lipinski definition) is 0. The molecule has 0 atom stereocenters. The molecule has 0 unspecified atom stereocenters. The molecule has 0 nitrogen and oxygen atoms in total. The van der Waals surface area contributed by atoms with Gasteiger partial charge in [-0.2, -0.15) is 0 Å². The average Bonchev–Trinajstić information content (AvgIpc) is 2.45. The molecule has 1 aliphatic rings. The largest absolute Gasteiger partial charge is 0.207 e. The Kier molecular flexibility index (Phi) is 3.18. The van der Waals surface area contributed by atoms with E-state index in [2.05, 4.69) is 6.07 Å². The first-order chi connectivity index (χ1) is 6.86. The zero-order valence-electron chi connectivity index (χ0n) is 8.51. The molecule has 0 N–H and O–H groups in total. The van der Waals surface area contributed by atoms with Crippen LogP contribution in [0.15, 0.2) is 24.3 Å². The van der Waals surface area contributed by atoms with Crippen molar-refractivity contribution in [2.75, 3.05) is 0 Å². The van der Waals surface area contributed by atoms with E-state index in [0.29, 0.717) is 5.92 Å². The maximum Gasteiger partial charge on any atom is 0.123 e. The van der Waals surface area contributed by atoms with E-state index in [-0.39, 0.29) is 5.82 Å². The lowest BCUT2D eigenvalue weighted by molar-refractivity contribution is 0.579. The number of halogens is 1. The van der Waals surface area contributed by atoms with E-state index >= 15 is 0 Å². The molecule has 0 spiro atoms. The minimum atomic E-state index is -0.0910. The molecule has 1 aliphatic carbocycles. The van der Waals surface area contributed by atoms with Gasteiger partial charge >= 0.3 is 0 Å². The molecule has 0 amide bonds. The summed E-state index contributed by atoms with van der Waals surface area (Å²) in [7, 11) is 0. The number of benzene rings is 1. The molecule has 1 aromatic rings. The van der Waals surface area contributed by atoms with Crippen molar-refractivity contribution >= 4 is 0 Å². The lowest BCUT2D eigenvalue weighted by Crippen LogP contribution is -1.97. The summed E-state index contributed by atoms with van der Waals surface area (Å²) in [5.74, 6) is 0.514. The Hall–Kier alpha value is -0.850. The normalized spacial score (nSPS) is 19.2. The second-order valence-electron chi connectivity index (χ2n) is 4.24. The number of rotatable bonds is 1. The van der Waals surface area contributed by atoms with Gasteiger partial charge in [0, 0.05) is 0 Å². The van der Waals surface area contributed by atoms with Crippen molar-refractivity contribution < 1.29 is 4.39 Å². The second kappa shape index (κ2) is 4.59. The van der Waals surface area contributed by atoms with Crippen molar-refractivity contribution in [3.8, 4) is 0 Å². The zero-order chi connectivity index (χ0) is 9.80. The van der Waals surface area contributed by atoms with Crippen molar-refractivity contribution in [3.63, 3.8) is 0 Å². The molecule has 1 fully saturated rings. The van der Waals surface area contributed by atoms with E-state index in [9.17, 15) is 4.39 Å². The lowest BCUT2D eigenvalue weighted by Gasteiger charge is -2.13. The second-order valence-corrected chi connectivity index (χ2v) is 4.24. The van der Waals surface area contributed by atoms with Crippen LogP contribution in [-0.4, -0.2) is 0 Å². The molecule has 14 heavy (non-hydrogen) atoms. The van der Waals surface area contributed by atoms with Crippen LogP contribution < -0.4 is 0 Å². The summed E-state index contributed by atoms with van der Waals surface area (Å²) in [6, 6.07) is 7.13. The Morgan fingerprint density at radius 3 is 2.36 bits per heavy atom. The quantitative estimate of drug-likeness (QED) is 0.583. The lowest BCUT2D eigenvalue weighted by atomic mass is 9.92. The fourth-order valence-corrected chi connectivity index (χ4v) is 2.37. The van der Waals surface area contributed by atoms with E-state index in [1.54, 1.807) is 6.07 Å². The summed E-state index contributed by atoms with van der Waals surface area (Å²) >= 11 is 0. The molecule has 1 saturated carbocycles. The van der Waals surface area contributed by atoms with Crippen molar-refractivity contribution in [2.24, 2.45) is 0 Å². The summed E-state index contributed by atoms with van der Waals surface area (Å²) < 4.78 is 13.0. The third-order valence-corrected chi connectivity index (χ3v) is 3.18. The highest BCUT2D eigenvalue weighted by Crippen LogP contribution is 2.31. The summed E-state index contributed by atoms with van der Waals surface area (Å²) in [6.45, 7) is 0. The first kappa shape index (κ1) is 9.70. The molecule has 1 aromatic carbocycles. The smallest absolute Gasteiger partial charge is 0.123 e. The van der Waals surface area contributed by atoms with Crippen molar-refractivity contribution in [2.45, 2.75) is 44.4 Å². The molecule has 0 aliphatic heterocycles. The van der Waals surface area contributed by atoms with Crippen LogP contribution in [0.5, 0.6) is 0 Å². The maximum absolute atomic E-state index is 13.0. The molecule has 0 bridgehead atoms. The predicted molar refractivity (Wildman–Crippen MR) is 56.8 cm³/mol. The van der Waals surface area contributed by atoms with Gasteiger partial charge in [-0.05, 0) is 36.5 Å². The first-order valence-electron chi connectivity index (χ1n) is 5.62. The Morgan fingerprint density at radius 2 is 1.71 bits per heavy atom. The van der Waals surface area contributed by atoms with Gasteiger partial charge in [-0.3, -0.25) is 0 Å². The van der Waals surface area contributed by atoms with Crippen molar-refractivity contribution in [1.29, 1.82) is 0 Å². The van der Waals surface area contributed by atoms with Crippen LogP contribution >= 0.6 is 0 Å². The van der Waals surface area contributed by atoms with Gasteiger partial charge in [0.1, 0.15) is 5.82 Å². The van der Waals surface area contributed by atoms with Crippen LogP contribution in [0.4, 0.5) is 4.39 Å². The molecule has 0 aromatic heterocycles. The Morgan fingerprint density at radius 1 is 1.00 bits per heavy atom. The highest BCUT2D eigenvalue weighted by atomic mass is 19.1. The van der Waals surface area contributed by atoms with Gasteiger partial charge in [0.2, 0.25) is 0 Å². The highest BCUT2D eigenvalue weighted by Gasteiger charge is 2.14. The third-order valence-electron chi connectivity index (χ3n) is 3.18. The highest BCUT2D eigenvalue weighted by molar-refractivity contribution is 5.20. The van der Waals surface area contributed by atoms with E-state index in [1.165, 1.54) is 50.2 Å². The van der Waals surface area contributed by atoms with Gasteiger partial charge < -0.3 is 0 Å². The SMILES string of the molecule is Fc1cccc(C2CCCCCC2)c1. The minimum absolute atomic E-state index is 0.0910. The maximum atomic E-state index is 13.0. The van der Waals surface area contributed by atoms with Gasteiger partial charge in [-0.1, -0.05) is 37.8 Å². The summed E-state index contributed by atoms with van der Waals surface area (Å²) in [5, 5.41) is 0. The van der Waals surface area contributed by atoms with E-state index < -0.39 is 0 Å². The molecule has 2 rings (SSSR count). The van der Waals surface area contributed by atoms with Crippen LogP contribution in [-0.2, 0) is 0 Å². The van der Waals surface area contributed by atoms with Crippen LogP contribution in [0.25, 0.3) is 0 Å². The topological polar surface area (TPSA) is 0 Å². The van der Waals surface area contributed by atoms with Crippen molar-refractivity contribution in [1.82, 2.24) is 0 Å². The van der Waals surface area contributed by atoms with Crippen LogP contribution in [0.2, 0.25) is 0 Å². The molecular formula is C13H17F. The Balaban J connectivity index is 2.12. The number of hydrogen-bond acceptors (Lipinski definition) is 0. The third kappa shape index (κ3) is 2.34. The zero-order valence-corrected chi connectivity index (χ0v) is 8.51. The van der Waals surface area contributed by atoms with Gasteiger partial charge in [0.15, 0.2) is 0 Å². The average molecular weight is 192 g/mol. The predicted octanol–water partition coefficient (Wildman–Crippen LogP) is 4.26. The Labute approximate surface area is 85.1 Å².